The molecule has 3 atom stereocenters. The van der Waals surface area contributed by atoms with Gasteiger partial charge in [0, 0.05) is 24.3 Å². The number of hydrogen-bond acceptors (Lipinski definition) is 10. The highest BCUT2D eigenvalue weighted by molar-refractivity contribution is 6.22. The Morgan fingerprint density at radius 2 is 1.83 bits per heavy atom. The summed E-state index contributed by atoms with van der Waals surface area (Å²) < 4.78 is 4.48. The Hall–Kier alpha value is -4.19. The minimum Gasteiger partial charge on any atom is -0.508 e. The summed E-state index contributed by atoms with van der Waals surface area (Å²) in [5, 5.41) is 46.1. The van der Waals surface area contributed by atoms with Crippen LogP contribution in [0.1, 0.15) is 36.8 Å². The molecule has 1 fully saturated rings. The number of aliphatic hydroxyl groups excluding tert-OH is 2. The molecule has 0 aromatic heterocycles. The van der Waals surface area contributed by atoms with Crippen molar-refractivity contribution in [1.29, 1.82) is 0 Å². The highest BCUT2D eigenvalue weighted by Crippen LogP contribution is 2.52. The number of fused-ring (bicyclic) bond motifs is 3. The first-order valence-electron chi connectivity index (χ1n) is 11.1. The molecule has 0 saturated heterocycles. The molecule has 0 spiro atoms. The summed E-state index contributed by atoms with van der Waals surface area (Å²) >= 11 is 0. The number of Topliss-reactive ketones (excluding diaryl/α,β-unsaturated/α-hetero) is 2. The third-order valence-corrected chi connectivity index (χ3v) is 6.99. The highest BCUT2D eigenvalue weighted by Gasteiger charge is 2.60. The van der Waals surface area contributed by atoms with E-state index in [9.17, 15) is 44.4 Å². The zero-order valence-electron chi connectivity index (χ0n) is 19.2. The second kappa shape index (κ2) is 8.79. The highest BCUT2D eigenvalue weighted by atomic mass is 16.5. The molecule has 1 saturated carbocycles. The summed E-state index contributed by atoms with van der Waals surface area (Å²) in [6.45, 7) is 0. The number of ether oxygens (including phenoxy) is 1. The predicted molar refractivity (Wildman–Crippen MR) is 121 cm³/mol. The van der Waals surface area contributed by atoms with E-state index in [0.717, 1.165) is 0 Å². The number of anilines is 1. The molecule has 12 heteroatoms. The number of aliphatic hydroxyl groups is 3. The molecule has 0 radical (unpaired) electrons. The number of primary amides is 1. The van der Waals surface area contributed by atoms with Gasteiger partial charge in [0.15, 0.2) is 11.4 Å². The van der Waals surface area contributed by atoms with E-state index in [4.69, 9.17) is 5.73 Å². The Bertz CT molecular complexity index is 1290. The van der Waals surface area contributed by atoms with Crippen LogP contribution < -0.4 is 11.1 Å². The van der Waals surface area contributed by atoms with Crippen molar-refractivity contribution in [2.45, 2.75) is 37.7 Å². The number of ketones is 2. The number of carbonyl (C=O) groups excluding carboxylic acids is 5. The standard InChI is InChI=1S/C24H24N2O10/c1-36-15(29)5-4-14(28)26-12-3-2-9-6-10-7-11-8-13(27)18(23(25)34)22(33)24(11,35)21(32)17(10)20(31)16(9)19(12)30/h2-3,10-11,30-31,33,35H,4-8H2,1H3,(H2,25,34)(H,26,28). The van der Waals surface area contributed by atoms with Crippen molar-refractivity contribution < 1.29 is 49.1 Å². The zero-order chi connectivity index (χ0) is 26.5. The maximum atomic E-state index is 13.5. The second-order valence-corrected chi connectivity index (χ2v) is 9.03. The summed E-state index contributed by atoms with van der Waals surface area (Å²) in [5.41, 5.74) is 1.59. The van der Waals surface area contributed by atoms with Crippen molar-refractivity contribution >= 4 is 40.8 Å². The maximum Gasteiger partial charge on any atom is 0.306 e. The van der Waals surface area contributed by atoms with E-state index < -0.39 is 76.0 Å². The molecule has 0 aliphatic heterocycles. The van der Waals surface area contributed by atoms with E-state index in [1.54, 1.807) is 0 Å². The van der Waals surface area contributed by atoms with Gasteiger partial charge < -0.3 is 36.2 Å². The molecule has 1 aromatic rings. The van der Waals surface area contributed by atoms with Crippen molar-refractivity contribution in [2.75, 3.05) is 12.4 Å². The third kappa shape index (κ3) is 3.70. The quantitative estimate of drug-likeness (QED) is 0.185. The first-order valence-corrected chi connectivity index (χ1v) is 11.1. The van der Waals surface area contributed by atoms with Crippen LogP contribution in [-0.4, -0.2) is 62.5 Å². The van der Waals surface area contributed by atoms with E-state index in [2.05, 4.69) is 10.1 Å². The van der Waals surface area contributed by atoms with E-state index in [1.807, 2.05) is 0 Å². The van der Waals surface area contributed by atoms with E-state index >= 15 is 0 Å². The SMILES string of the molecule is COC(=O)CCC(=O)Nc1ccc2c(c1O)C(O)=C1C(=O)C3(O)C(O)=C(C(N)=O)C(=O)CC3CC1C2. The van der Waals surface area contributed by atoms with E-state index in [0.29, 0.717) is 5.56 Å². The molecule has 3 aliphatic rings. The predicted octanol–water partition coefficient (Wildman–Crippen LogP) is 0.316. The summed E-state index contributed by atoms with van der Waals surface area (Å²) in [4.78, 5) is 60.9. The molecule has 0 heterocycles. The van der Waals surface area contributed by atoms with Gasteiger partial charge in [0.25, 0.3) is 5.91 Å². The van der Waals surface area contributed by atoms with Crippen LogP contribution in [0.2, 0.25) is 0 Å². The van der Waals surface area contributed by atoms with Crippen LogP contribution in [-0.2, 0) is 35.1 Å². The number of benzene rings is 1. The van der Waals surface area contributed by atoms with Crippen LogP contribution in [0.3, 0.4) is 0 Å². The average Bonchev–Trinajstić information content (AvgIpc) is 2.81. The Balaban J connectivity index is 1.73. The molecular weight excluding hydrogens is 476 g/mol. The molecule has 190 valence electrons. The van der Waals surface area contributed by atoms with Gasteiger partial charge in [-0.2, -0.15) is 0 Å². The van der Waals surface area contributed by atoms with Gasteiger partial charge in [0.05, 0.1) is 24.8 Å². The number of methoxy groups -OCH3 is 1. The molecule has 0 bridgehead atoms. The van der Waals surface area contributed by atoms with Crippen molar-refractivity contribution in [1.82, 2.24) is 0 Å². The maximum absolute atomic E-state index is 13.5. The number of esters is 1. The van der Waals surface area contributed by atoms with Gasteiger partial charge in [-0.1, -0.05) is 6.07 Å². The minimum absolute atomic E-state index is 0.0235. The number of nitrogens with one attached hydrogen (secondary N) is 1. The summed E-state index contributed by atoms with van der Waals surface area (Å²) in [6.07, 6.45) is -0.637. The minimum atomic E-state index is -2.65. The number of hydrogen-bond donors (Lipinski definition) is 6. The van der Waals surface area contributed by atoms with Crippen LogP contribution in [0.5, 0.6) is 5.75 Å². The molecule has 3 unspecified atom stereocenters. The fourth-order valence-corrected chi connectivity index (χ4v) is 5.23. The van der Waals surface area contributed by atoms with Gasteiger partial charge in [0.2, 0.25) is 11.7 Å². The van der Waals surface area contributed by atoms with Gasteiger partial charge in [-0.25, -0.2) is 0 Å². The topological polar surface area (TPSA) is 214 Å². The monoisotopic (exact) mass is 500 g/mol. The van der Waals surface area contributed by atoms with Gasteiger partial charge in [-0.15, -0.1) is 0 Å². The average molecular weight is 500 g/mol. The number of amides is 2. The molecule has 36 heavy (non-hydrogen) atoms. The molecule has 12 nitrogen and oxygen atoms in total. The largest absolute Gasteiger partial charge is 0.508 e. The van der Waals surface area contributed by atoms with Crippen LogP contribution in [0.15, 0.2) is 29.0 Å². The first-order chi connectivity index (χ1) is 16.9. The van der Waals surface area contributed by atoms with Gasteiger partial charge >= 0.3 is 5.97 Å². The van der Waals surface area contributed by atoms with E-state index in [1.165, 1.54) is 19.2 Å². The normalized spacial score (nSPS) is 25.1. The van der Waals surface area contributed by atoms with Crippen LogP contribution in [0.4, 0.5) is 5.69 Å². The smallest absolute Gasteiger partial charge is 0.306 e. The van der Waals surface area contributed by atoms with Crippen molar-refractivity contribution in [3.63, 3.8) is 0 Å². The molecule has 7 N–H and O–H groups in total. The summed E-state index contributed by atoms with van der Waals surface area (Å²) in [7, 11) is 1.18. The Labute approximate surface area is 204 Å². The molecule has 2 amide bonds. The third-order valence-electron chi connectivity index (χ3n) is 6.99. The Kier molecular flexibility index (Phi) is 6.08. The van der Waals surface area contributed by atoms with Crippen LogP contribution >= 0.6 is 0 Å². The van der Waals surface area contributed by atoms with Gasteiger partial charge in [-0.05, 0) is 30.4 Å². The summed E-state index contributed by atoms with van der Waals surface area (Å²) in [5.74, 6) is -8.45. The number of carbonyl (C=O) groups is 5. The number of nitrogens with two attached hydrogens (primary N) is 1. The van der Waals surface area contributed by atoms with Crippen molar-refractivity contribution in [3.8, 4) is 5.75 Å². The first kappa shape index (κ1) is 24.9. The van der Waals surface area contributed by atoms with Gasteiger partial charge in [0.1, 0.15) is 22.8 Å². The lowest BCUT2D eigenvalue weighted by atomic mass is 9.59. The zero-order valence-corrected chi connectivity index (χ0v) is 19.2. The lowest BCUT2D eigenvalue weighted by Crippen LogP contribution is -2.58. The fraction of sp³-hybridized carbons (Fsp3) is 0.375. The molecular formula is C24H24N2O10. The summed E-state index contributed by atoms with van der Waals surface area (Å²) in [6, 6.07) is 2.94. The number of phenolic OH excluding ortho intramolecular Hbond substituents is 1. The molecule has 4 rings (SSSR count). The van der Waals surface area contributed by atoms with Gasteiger partial charge in [-0.3, -0.25) is 24.0 Å². The van der Waals surface area contributed by atoms with Crippen LogP contribution in [0, 0.1) is 11.8 Å². The van der Waals surface area contributed by atoms with Crippen LogP contribution in [0.25, 0.3) is 5.76 Å². The molecule has 1 aromatic carbocycles. The number of aromatic hydroxyl groups is 1. The van der Waals surface area contributed by atoms with Crippen molar-refractivity contribution in [3.05, 3.63) is 40.2 Å². The number of rotatable bonds is 5. The Morgan fingerprint density at radius 3 is 2.47 bits per heavy atom. The second-order valence-electron chi connectivity index (χ2n) is 9.03. The lowest BCUT2D eigenvalue weighted by molar-refractivity contribution is -0.147. The van der Waals surface area contributed by atoms with E-state index in [-0.39, 0.29) is 42.5 Å². The lowest BCUT2D eigenvalue weighted by Gasteiger charge is -2.46. The number of phenols is 1. The molecule has 3 aliphatic carbocycles. The fourth-order valence-electron chi connectivity index (χ4n) is 5.23. The van der Waals surface area contributed by atoms with Crippen molar-refractivity contribution in [2.24, 2.45) is 17.6 Å². The Morgan fingerprint density at radius 1 is 1.14 bits per heavy atom.